The van der Waals surface area contributed by atoms with Gasteiger partial charge in [0, 0.05) is 18.0 Å². The Morgan fingerprint density at radius 2 is 1.72 bits per heavy atom. The summed E-state index contributed by atoms with van der Waals surface area (Å²) < 4.78 is 24.5. The first kappa shape index (κ1) is 19.5. The number of rotatable bonds is 7. The van der Waals surface area contributed by atoms with Gasteiger partial charge in [-0.05, 0) is 31.0 Å². The van der Waals surface area contributed by atoms with Gasteiger partial charge in [-0.3, -0.25) is 4.79 Å². The van der Waals surface area contributed by atoms with E-state index in [9.17, 15) is 13.2 Å². The summed E-state index contributed by atoms with van der Waals surface area (Å²) in [6.45, 7) is 4.16. The van der Waals surface area contributed by atoms with Gasteiger partial charge in [-0.15, -0.1) is 0 Å². The number of amides is 1. The van der Waals surface area contributed by atoms with Gasteiger partial charge >= 0.3 is 0 Å². The van der Waals surface area contributed by atoms with Gasteiger partial charge in [0.1, 0.15) is 0 Å². The van der Waals surface area contributed by atoms with E-state index in [1.54, 1.807) is 6.07 Å². The van der Waals surface area contributed by atoms with Crippen molar-refractivity contribution >= 4 is 27.3 Å². The monoisotopic (exact) mass is 379 g/mol. The van der Waals surface area contributed by atoms with Crippen molar-refractivity contribution in [3.05, 3.63) is 69.7 Å². The first-order valence-corrected chi connectivity index (χ1v) is 10.2. The zero-order valence-electron chi connectivity index (χ0n) is 14.4. The second-order valence-electron chi connectivity index (χ2n) is 6.21. The van der Waals surface area contributed by atoms with Gasteiger partial charge in [-0.25, -0.2) is 8.42 Å². The molecule has 0 unspecified atom stereocenters. The number of hydrogen-bond acceptors (Lipinski definition) is 3. The number of hydrogen-bond donors (Lipinski definition) is 1. The molecule has 0 fully saturated rings. The van der Waals surface area contributed by atoms with E-state index in [1.165, 1.54) is 0 Å². The van der Waals surface area contributed by atoms with Crippen molar-refractivity contribution < 1.29 is 13.2 Å². The van der Waals surface area contributed by atoms with Crippen LogP contribution < -0.4 is 5.32 Å². The van der Waals surface area contributed by atoms with Crippen molar-refractivity contribution in [2.45, 2.75) is 32.6 Å². The molecule has 0 heterocycles. The molecule has 0 bridgehead atoms. The van der Waals surface area contributed by atoms with Gasteiger partial charge in [0.05, 0.1) is 11.5 Å². The number of nitrogens with one attached hydrogen (secondary N) is 1. The fourth-order valence-electron chi connectivity index (χ4n) is 2.65. The number of sulfone groups is 1. The fourth-order valence-corrected chi connectivity index (χ4v) is 4.17. The van der Waals surface area contributed by atoms with Crippen LogP contribution in [0.5, 0.6) is 0 Å². The molecule has 25 heavy (non-hydrogen) atoms. The standard InChI is InChI=1S/C19H22ClNO3S/c1-14-9-15(2)11-16(10-14)13-25(23,24)8-7-19(22)21-12-17-5-3-4-6-18(17)20/h3-6,9-11H,7-8,12-13H2,1-2H3,(H,21,22). The normalized spacial score (nSPS) is 11.3. The molecule has 0 saturated heterocycles. The number of benzene rings is 2. The second kappa shape index (κ2) is 8.50. The highest BCUT2D eigenvalue weighted by atomic mass is 35.5. The lowest BCUT2D eigenvalue weighted by molar-refractivity contribution is -0.120. The van der Waals surface area contributed by atoms with E-state index in [-0.39, 0.29) is 30.4 Å². The van der Waals surface area contributed by atoms with E-state index >= 15 is 0 Å². The molecule has 1 N–H and O–H groups in total. The van der Waals surface area contributed by atoms with E-state index < -0.39 is 9.84 Å². The van der Waals surface area contributed by atoms with Crippen molar-refractivity contribution in [2.24, 2.45) is 0 Å². The maximum absolute atomic E-state index is 12.3. The summed E-state index contributed by atoms with van der Waals surface area (Å²) in [6.07, 6.45) is -0.0580. The molecule has 0 atom stereocenters. The van der Waals surface area contributed by atoms with Crippen molar-refractivity contribution in [2.75, 3.05) is 5.75 Å². The third-order valence-corrected chi connectivity index (χ3v) is 5.71. The van der Waals surface area contributed by atoms with E-state index in [0.717, 1.165) is 22.3 Å². The average molecular weight is 380 g/mol. The third kappa shape index (κ3) is 6.52. The van der Waals surface area contributed by atoms with Crippen molar-refractivity contribution in [1.82, 2.24) is 5.32 Å². The second-order valence-corrected chi connectivity index (χ2v) is 8.80. The highest BCUT2D eigenvalue weighted by Crippen LogP contribution is 2.15. The van der Waals surface area contributed by atoms with E-state index in [2.05, 4.69) is 5.32 Å². The number of carbonyl (C=O) groups excluding carboxylic acids is 1. The minimum Gasteiger partial charge on any atom is -0.352 e. The van der Waals surface area contributed by atoms with Crippen LogP contribution in [0.3, 0.4) is 0 Å². The summed E-state index contributed by atoms with van der Waals surface area (Å²) in [5.41, 5.74) is 3.62. The lowest BCUT2D eigenvalue weighted by Crippen LogP contribution is -2.25. The third-order valence-electron chi connectivity index (χ3n) is 3.74. The minimum absolute atomic E-state index is 0.0483. The summed E-state index contributed by atoms with van der Waals surface area (Å²) in [7, 11) is -3.34. The van der Waals surface area contributed by atoms with Gasteiger partial charge in [-0.2, -0.15) is 0 Å². The van der Waals surface area contributed by atoms with Crippen LogP contribution in [0.15, 0.2) is 42.5 Å². The van der Waals surface area contributed by atoms with Crippen molar-refractivity contribution in [1.29, 1.82) is 0 Å². The largest absolute Gasteiger partial charge is 0.352 e. The molecule has 134 valence electrons. The molecule has 2 aromatic carbocycles. The molecule has 0 saturated carbocycles. The van der Waals surface area contributed by atoms with Gasteiger partial charge in [-0.1, -0.05) is 59.1 Å². The lowest BCUT2D eigenvalue weighted by atomic mass is 10.1. The van der Waals surface area contributed by atoms with Crippen LogP contribution in [0.1, 0.15) is 28.7 Å². The van der Waals surface area contributed by atoms with Crippen LogP contribution in [0, 0.1) is 13.8 Å². The Labute approximate surface area is 154 Å². The Morgan fingerprint density at radius 1 is 1.08 bits per heavy atom. The van der Waals surface area contributed by atoms with Gasteiger partial charge in [0.15, 0.2) is 9.84 Å². The summed E-state index contributed by atoms with van der Waals surface area (Å²) in [4.78, 5) is 11.9. The van der Waals surface area contributed by atoms with Crippen LogP contribution in [-0.2, 0) is 26.9 Å². The first-order valence-electron chi connectivity index (χ1n) is 8.03. The fraction of sp³-hybridized carbons (Fsp3) is 0.316. The Balaban J connectivity index is 1.86. The summed E-state index contributed by atoms with van der Waals surface area (Å²) in [5, 5.41) is 3.28. The number of halogens is 1. The summed E-state index contributed by atoms with van der Waals surface area (Å²) in [5.74, 6) is -0.523. The van der Waals surface area contributed by atoms with E-state index in [4.69, 9.17) is 11.6 Å². The van der Waals surface area contributed by atoms with Crippen molar-refractivity contribution in [3.63, 3.8) is 0 Å². The molecule has 0 radical (unpaired) electrons. The topological polar surface area (TPSA) is 63.2 Å². The first-order chi connectivity index (χ1) is 11.7. The van der Waals surface area contributed by atoms with E-state index in [1.807, 2.05) is 50.2 Å². The molecule has 0 spiro atoms. The Morgan fingerprint density at radius 3 is 2.36 bits per heavy atom. The molecule has 0 aliphatic carbocycles. The quantitative estimate of drug-likeness (QED) is 0.799. The molecular weight excluding hydrogens is 358 g/mol. The zero-order valence-corrected chi connectivity index (χ0v) is 16.0. The molecular formula is C19H22ClNO3S. The highest BCUT2D eigenvalue weighted by molar-refractivity contribution is 7.90. The predicted octanol–water partition coefficient (Wildman–Crippen LogP) is 3.58. The smallest absolute Gasteiger partial charge is 0.221 e. The van der Waals surface area contributed by atoms with Gasteiger partial charge in [0.25, 0.3) is 0 Å². The minimum atomic E-state index is -3.34. The van der Waals surface area contributed by atoms with Crippen LogP contribution in [-0.4, -0.2) is 20.1 Å². The molecule has 1 amide bonds. The maximum Gasteiger partial charge on any atom is 0.221 e. The molecule has 0 aliphatic rings. The Bertz CT molecular complexity index is 842. The number of aryl methyl sites for hydroxylation is 2. The summed E-state index contributed by atoms with van der Waals surface area (Å²) in [6, 6.07) is 12.9. The molecule has 2 rings (SSSR count). The van der Waals surface area contributed by atoms with Gasteiger partial charge < -0.3 is 5.32 Å². The maximum atomic E-state index is 12.3. The van der Waals surface area contributed by atoms with Crippen molar-refractivity contribution in [3.8, 4) is 0 Å². The number of carbonyl (C=O) groups is 1. The lowest BCUT2D eigenvalue weighted by Gasteiger charge is -2.08. The van der Waals surface area contributed by atoms with Gasteiger partial charge in [0.2, 0.25) is 5.91 Å². The Kier molecular flexibility index (Phi) is 6.62. The molecule has 0 aromatic heterocycles. The summed E-state index contributed by atoms with van der Waals surface area (Å²) >= 11 is 6.03. The molecule has 0 aliphatic heterocycles. The molecule has 6 heteroatoms. The molecule has 4 nitrogen and oxygen atoms in total. The van der Waals surface area contributed by atoms with Crippen LogP contribution in [0.4, 0.5) is 0 Å². The van der Waals surface area contributed by atoms with Crippen LogP contribution in [0.25, 0.3) is 0 Å². The Hall–Kier alpha value is -1.85. The zero-order chi connectivity index (χ0) is 18.4. The molecule has 2 aromatic rings. The van der Waals surface area contributed by atoms with Crippen LogP contribution in [0.2, 0.25) is 5.02 Å². The van der Waals surface area contributed by atoms with E-state index in [0.29, 0.717) is 5.02 Å². The highest BCUT2D eigenvalue weighted by Gasteiger charge is 2.15. The average Bonchev–Trinajstić information content (AvgIpc) is 2.51. The predicted molar refractivity (Wildman–Crippen MR) is 101 cm³/mol. The SMILES string of the molecule is Cc1cc(C)cc(CS(=O)(=O)CCC(=O)NCc2ccccc2Cl)c1. The van der Waals surface area contributed by atoms with Crippen LogP contribution >= 0.6 is 11.6 Å².